The van der Waals surface area contributed by atoms with Crippen LogP contribution in [0.15, 0.2) is 0 Å². The Hall–Kier alpha value is -0.0800. The molecule has 0 amide bonds. The maximum Gasteiger partial charge on any atom is 0.0246 e. The van der Waals surface area contributed by atoms with Crippen LogP contribution in [-0.4, -0.2) is 30.6 Å². The Labute approximate surface area is 114 Å². The second-order valence-electron chi connectivity index (χ2n) is 7.54. The van der Waals surface area contributed by atoms with Gasteiger partial charge in [0.25, 0.3) is 0 Å². The van der Waals surface area contributed by atoms with E-state index in [1.54, 1.807) is 0 Å². The van der Waals surface area contributed by atoms with Crippen molar-refractivity contribution in [1.82, 2.24) is 4.90 Å². The zero-order chi connectivity index (χ0) is 13.9. The fraction of sp³-hybridized carbons (Fsp3) is 1.00. The number of nitrogens with zero attached hydrogens (tertiary/aromatic N) is 1. The van der Waals surface area contributed by atoms with Crippen molar-refractivity contribution in [2.24, 2.45) is 23.0 Å². The predicted molar refractivity (Wildman–Crippen MR) is 80.6 cm³/mol. The largest absolute Gasteiger partial charge is 0.329 e. The van der Waals surface area contributed by atoms with Crippen LogP contribution in [0.5, 0.6) is 0 Å². The molecular weight excluding hydrogens is 220 g/mol. The number of hydrogen-bond donors (Lipinski definition) is 1. The highest BCUT2D eigenvalue weighted by molar-refractivity contribution is 4.88. The monoisotopic (exact) mass is 254 g/mol. The zero-order valence-corrected chi connectivity index (χ0v) is 13.4. The molecule has 0 bridgehead atoms. The van der Waals surface area contributed by atoms with Crippen molar-refractivity contribution in [2.75, 3.05) is 13.6 Å². The van der Waals surface area contributed by atoms with Gasteiger partial charge < -0.3 is 5.73 Å². The second kappa shape index (κ2) is 6.38. The van der Waals surface area contributed by atoms with E-state index in [-0.39, 0.29) is 0 Å². The summed E-state index contributed by atoms with van der Waals surface area (Å²) in [7, 11) is 2.27. The highest BCUT2D eigenvalue weighted by Gasteiger charge is 2.33. The molecule has 0 heterocycles. The van der Waals surface area contributed by atoms with Gasteiger partial charge in [-0.1, -0.05) is 40.5 Å². The fourth-order valence-corrected chi connectivity index (χ4v) is 3.42. The van der Waals surface area contributed by atoms with Crippen LogP contribution in [0.4, 0.5) is 0 Å². The first-order valence-corrected chi connectivity index (χ1v) is 7.69. The molecule has 0 aromatic heterocycles. The summed E-state index contributed by atoms with van der Waals surface area (Å²) in [5, 5.41) is 0. The Balaban J connectivity index is 2.70. The van der Waals surface area contributed by atoms with Crippen molar-refractivity contribution in [2.45, 2.75) is 72.4 Å². The molecule has 2 heteroatoms. The van der Waals surface area contributed by atoms with Crippen LogP contribution in [0.25, 0.3) is 0 Å². The lowest BCUT2D eigenvalue weighted by Gasteiger charge is -2.44. The second-order valence-corrected chi connectivity index (χ2v) is 7.54. The minimum absolute atomic E-state index is 0.322. The maximum atomic E-state index is 6.09. The number of rotatable bonds is 4. The normalized spacial score (nSPS) is 29.3. The molecule has 2 N–H and O–H groups in total. The first kappa shape index (κ1) is 16.0. The third-order valence-corrected chi connectivity index (χ3v) is 5.15. The van der Waals surface area contributed by atoms with Crippen molar-refractivity contribution < 1.29 is 0 Å². The standard InChI is InChI=1S/C16H34N2/c1-12-8-7-9-14(10-12)15(11-17)18(6)13(2)16(3,4)5/h12-15H,7-11,17H2,1-6H3. The van der Waals surface area contributed by atoms with Gasteiger partial charge in [0.1, 0.15) is 0 Å². The van der Waals surface area contributed by atoms with Gasteiger partial charge in [-0.25, -0.2) is 0 Å². The third-order valence-electron chi connectivity index (χ3n) is 5.15. The predicted octanol–water partition coefficient (Wildman–Crippen LogP) is 3.51. The van der Waals surface area contributed by atoms with Crippen molar-refractivity contribution in [3.63, 3.8) is 0 Å². The smallest absolute Gasteiger partial charge is 0.0246 e. The first-order chi connectivity index (χ1) is 8.27. The van der Waals surface area contributed by atoms with E-state index in [0.717, 1.165) is 18.4 Å². The minimum atomic E-state index is 0.322. The van der Waals surface area contributed by atoms with Crippen LogP contribution in [0.2, 0.25) is 0 Å². The van der Waals surface area contributed by atoms with Crippen molar-refractivity contribution >= 4 is 0 Å². The molecule has 0 aromatic carbocycles. The van der Waals surface area contributed by atoms with E-state index in [9.17, 15) is 0 Å². The molecule has 18 heavy (non-hydrogen) atoms. The SMILES string of the molecule is CC1CCCC(C(CN)N(C)C(C)C(C)(C)C)C1. The van der Waals surface area contributed by atoms with E-state index in [0.29, 0.717) is 17.5 Å². The lowest BCUT2D eigenvalue weighted by atomic mass is 9.77. The van der Waals surface area contributed by atoms with Gasteiger partial charge in [0.2, 0.25) is 0 Å². The zero-order valence-electron chi connectivity index (χ0n) is 13.4. The summed E-state index contributed by atoms with van der Waals surface area (Å²) in [6.07, 6.45) is 5.53. The summed E-state index contributed by atoms with van der Waals surface area (Å²) >= 11 is 0. The molecule has 1 aliphatic rings. The summed E-state index contributed by atoms with van der Waals surface area (Å²) in [4.78, 5) is 2.54. The Morgan fingerprint density at radius 1 is 1.28 bits per heavy atom. The molecule has 1 rings (SSSR count). The van der Waals surface area contributed by atoms with E-state index < -0.39 is 0 Å². The molecule has 0 spiro atoms. The summed E-state index contributed by atoms with van der Waals surface area (Å²) in [6.45, 7) is 12.5. The third kappa shape index (κ3) is 3.96. The Kier molecular flexibility index (Phi) is 5.67. The van der Waals surface area contributed by atoms with Crippen molar-refractivity contribution in [3.8, 4) is 0 Å². The van der Waals surface area contributed by atoms with Crippen LogP contribution in [0.3, 0.4) is 0 Å². The van der Waals surface area contributed by atoms with E-state index >= 15 is 0 Å². The lowest BCUT2D eigenvalue weighted by molar-refractivity contribution is 0.0528. The number of hydrogen-bond acceptors (Lipinski definition) is 2. The molecule has 2 nitrogen and oxygen atoms in total. The highest BCUT2D eigenvalue weighted by Crippen LogP contribution is 2.34. The quantitative estimate of drug-likeness (QED) is 0.832. The number of likely N-dealkylation sites (N-methyl/N-ethyl adjacent to an activating group) is 1. The molecule has 4 atom stereocenters. The molecule has 0 aromatic rings. The van der Waals surface area contributed by atoms with Gasteiger partial charge in [-0.2, -0.15) is 0 Å². The molecule has 0 aliphatic heterocycles. The molecule has 0 saturated heterocycles. The minimum Gasteiger partial charge on any atom is -0.329 e. The highest BCUT2D eigenvalue weighted by atomic mass is 15.2. The van der Waals surface area contributed by atoms with Crippen LogP contribution < -0.4 is 5.73 Å². The van der Waals surface area contributed by atoms with Gasteiger partial charge in [0, 0.05) is 18.6 Å². The summed E-state index contributed by atoms with van der Waals surface area (Å²) in [5.41, 5.74) is 6.41. The maximum absolute atomic E-state index is 6.09. The number of nitrogens with two attached hydrogens (primary N) is 1. The fourth-order valence-electron chi connectivity index (χ4n) is 3.42. The molecule has 4 unspecified atom stereocenters. The van der Waals surface area contributed by atoms with E-state index in [1.165, 1.54) is 25.7 Å². The molecule has 1 saturated carbocycles. The van der Waals surface area contributed by atoms with Gasteiger partial charge in [-0.3, -0.25) is 4.90 Å². The van der Waals surface area contributed by atoms with E-state index in [2.05, 4.69) is 46.6 Å². The summed E-state index contributed by atoms with van der Waals surface area (Å²) in [5.74, 6) is 1.68. The van der Waals surface area contributed by atoms with E-state index in [1.807, 2.05) is 0 Å². The van der Waals surface area contributed by atoms with Crippen LogP contribution >= 0.6 is 0 Å². The Morgan fingerprint density at radius 3 is 2.33 bits per heavy atom. The van der Waals surface area contributed by atoms with Crippen molar-refractivity contribution in [1.29, 1.82) is 0 Å². The average molecular weight is 254 g/mol. The molecular formula is C16H34N2. The molecule has 1 fully saturated rings. The van der Waals surface area contributed by atoms with E-state index in [4.69, 9.17) is 5.73 Å². The van der Waals surface area contributed by atoms with Crippen LogP contribution in [-0.2, 0) is 0 Å². The van der Waals surface area contributed by atoms with Crippen molar-refractivity contribution in [3.05, 3.63) is 0 Å². The summed E-state index contributed by atoms with van der Waals surface area (Å²) in [6, 6.07) is 1.13. The van der Waals surface area contributed by atoms with Gasteiger partial charge in [0.15, 0.2) is 0 Å². The summed E-state index contributed by atoms with van der Waals surface area (Å²) < 4.78 is 0. The van der Waals surface area contributed by atoms with Gasteiger partial charge in [-0.05, 0) is 44.1 Å². The van der Waals surface area contributed by atoms with Crippen LogP contribution in [0, 0.1) is 17.3 Å². The van der Waals surface area contributed by atoms with Gasteiger partial charge in [-0.15, -0.1) is 0 Å². The lowest BCUT2D eigenvalue weighted by Crippen LogP contribution is -2.52. The van der Waals surface area contributed by atoms with Crippen LogP contribution in [0.1, 0.15) is 60.3 Å². The molecule has 1 aliphatic carbocycles. The Bertz CT molecular complexity index is 244. The van der Waals surface area contributed by atoms with Gasteiger partial charge >= 0.3 is 0 Å². The Morgan fingerprint density at radius 2 is 1.89 bits per heavy atom. The average Bonchev–Trinajstić information content (AvgIpc) is 2.27. The molecule has 108 valence electrons. The molecule has 0 radical (unpaired) electrons. The van der Waals surface area contributed by atoms with Gasteiger partial charge in [0.05, 0.1) is 0 Å². The topological polar surface area (TPSA) is 29.3 Å². The first-order valence-electron chi connectivity index (χ1n) is 7.69.